The normalized spacial score (nSPS) is 23.6. The van der Waals surface area contributed by atoms with Crippen LogP contribution < -0.4 is 11.1 Å². The quantitative estimate of drug-likeness (QED) is 0.816. The van der Waals surface area contributed by atoms with Crippen molar-refractivity contribution >= 4 is 11.7 Å². The lowest BCUT2D eigenvalue weighted by atomic mass is 10.0. The molecule has 2 unspecified atom stereocenters. The van der Waals surface area contributed by atoms with E-state index in [4.69, 9.17) is 10.5 Å². The Bertz CT molecular complexity index is 391. The van der Waals surface area contributed by atoms with Gasteiger partial charge in [0.15, 0.2) is 0 Å². The Kier molecular flexibility index (Phi) is 3.71. The van der Waals surface area contributed by atoms with Gasteiger partial charge in [-0.15, -0.1) is 0 Å². The predicted octanol–water partition coefficient (Wildman–Crippen LogP) is 0.904. The molecule has 1 saturated heterocycles. The third-order valence-corrected chi connectivity index (χ3v) is 3.02. The second kappa shape index (κ2) is 5.25. The van der Waals surface area contributed by atoms with Gasteiger partial charge in [0, 0.05) is 19.3 Å². The molecule has 1 aromatic heterocycles. The molecule has 0 spiro atoms. The predicted molar refractivity (Wildman–Crippen MR) is 64.3 cm³/mol. The molecule has 0 aliphatic carbocycles. The van der Waals surface area contributed by atoms with E-state index in [9.17, 15) is 4.79 Å². The zero-order valence-electron chi connectivity index (χ0n) is 9.85. The lowest BCUT2D eigenvalue weighted by Crippen LogP contribution is -2.28. The van der Waals surface area contributed by atoms with E-state index in [2.05, 4.69) is 10.3 Å². The van der Waals surface area contributed by atoms with Crippen LogP contribution in [0.25, 0.3) is 0 Å². The number of hydrogen-bond donors (Lipinski definition) is 2. The van der Waals surface area contributed by atoms with Gasteiger partial charge >= 0.3 is 0 Å². The highest BCUT2D eigenvalue weighted by Crippen LogP contribution is 2.21. The highest BCUT2D eigenvalue weighted by atomic mass is 16.5. The maximum atomic E-state index is 11.9. The van der Waals surface area contributed by atoms with Crippen LogP contribution in [0.2, 0.25) is 0 Å². The maximum Gasteiger partial charge on any atom is 0.231 e. The lowest BCUT2D eigenvalue weighted by molar-refractivity contribution is -0.121. The van der Waals surface area contributed by atoms with Crippen molar-refractivity contribution < 1.29 is 9.53 Å². The van der Waals surface area contributed by atoms with Crippen molar-refractivity contribution in [1.29, 1.82) is 0 Å². The number of carbonyl (C=O) groups is 1. The number of hydrogen-bond acceptors (Lipinski definition) is 4. The van der Waals surface area contributed by atoms with Gasteiger partial charge in [0.05, 0.1) is 12.0 Å². The van der Waals surface area contributed by atoms with Crippen LogP contribution in [0.4, 0.5) is 5.82 Å². The number of rotatable bonds is 3. The Labute approximate surface area is 100 Å². The number of nitrogens with one attached hydrogen (secondary N) is 1. The van der Waals surface area contributed by atoms with Gasteiger partial charge in [-0.3, -0.25) is 4.79 Å². The monoisotopic (exact) mass is 235 g/mol. The molecule has 2 heterocycles. The van der Waals surface area contributed by atoms with Crippen LogP contribution in [-0.2, 0) is 16.1 Å². The largest absolute Gasteiger partial charge is 0.378 e. The summed E-state index contributed by atoms with van der Waals surface area (Å²) in [6.07, 6.45) is 2.43. The summed E-state index contributed by atoms with van der Waals surface area (Å²) in [5.41, 5.74) is 6.42. The van der Waals surface area contributed by atoms with Gasteiger partial charge in [0.25, 0.3) is 0 Å². The summed E-state index contributed by atoms with van der Waals surface area (Å²) in [4.78, 5) is 16.1. The number of carbonyl (C=O) groups excluding carboxylic acids is 1. The molecule has 92 valence electrons. The van der Waals surface area contributed by atoms with Crippen LogP contribution in [0.1, 0.15) is 18.9 Å². The standard InChI is InChI=1S/C12H17N3O2/c1-8-10(4-5-17-8)12(16)15-11-3-2-9(6-13)7-14-11/h2-3,7-8,10H,4-6,13H2,1H3,(H,14,15,16). The van der Waals surface area contributed by atoms with E-state index in [1.165, 1.54) is 0 Å². The molecule has 5 nitrogen and oxygen atoms in total. The van der Waals surface area contributed by atoms with Gasteiger partial charge in [-0.1, -0.05) is 6.07 Å². The summed E-state index contributed by atoms with van der Waals surface area (Å²) in [7, 11) is 0. The molecule has 2 atom stereocenters. The molecule has 3 N–H and O–H groups in total. The molecule has 1 fully saturated rings. The van der Waals surface area contributed by atoms with Crippen LogP contribution in [0.15, 0.2) is 18.3 Å². The van der Waals surface area contributed by atoms with Crippen molar-refractivity contribution in [2.24, 2.45) is 11.7 Å². The van der Waals surface area contributed by atoms with Gasteiger partial charge in [0.1, 0.15) is 5.82 Å². The third-order valence-electron chi connectivity index (χ3n) is 3.02. The fourth-order valence-electron chi connectivity index (χ4n) is 1.91. The van der Waals surface area contributed by atoms with Crippen LogP contribution in [0.5, 0.6) is 0 Å². The smallest absolute Gasteiger partial charge is 0.231 e. The first kappa shape index (κ1) is 12.0. The summed E-state index contributed by atoms with van der Waals surface area (Å²) in [5, 5.41) is 2.79. The van der Waals surface area contributed by atoms with Crippen LogP contribution in [0.3, 0.4) is 0 Å². The van der Waals surface area contributed by atoms with E-state index in [0.717, 1.165) is 12.0 Å². The third kappa shape index (κ3) is 2.81. The maximum absolute atomic E-state index is 11.9. The zero-order chi connectivity index (χ0) is 12.3. The molecule has 1 aliphatic heterocycles. The topological polar surface area (TPSA) is 77.2 Å². The van der Waals surface area contributed by atoms with Crippen molar-refractivity contribution in [3.63, 3.8) is 0 Å². The van der Waals surface area contributed by atoms with E-state index in [-0.39, 0.29) is 17.9 Å². The van der Waals surface area contributed by atoms with Crippen molar-refractivity contribution in [3.8, 4) is 0 Å². The van der Waals surface area contributed by atoms with E-state index < -0.39 is 0 Å². The van der Waals surface area contributed by atoms with Gasteiger partial charge in [-0.2, -0.15) is 0 Å². The minimum Gasteiger partial charge on any atom is -0.378 e. The fraction of sp³-hybridized carbons (Fsp3) is 0.500. The van der Waals surface area contributed by atoms with E-state index in [1.54, 1.807) is 12.3 Å². The molecule has 0 aromatic carbocycles. The Hall–Kier alpha value is -1.46. The first-order valence-electron chi connectivity index (χ1n) is 5.78. The van der Waals surface area contributed by atoms with E-state index >= 15 is 0 Å². The summed E-state index contributed by atoms with van der Waals surface area (Å²) < 4.78 is 5.36. The summed E-state index contributed by atoms with van der Waals surface area (Å²) >= 11 is 0. The molecule has 1 amide bonds. The fourth-order valence-corrected chi connectivity index (χ4v) is 1.91. The summed E-state index contributed by atoms with van der Waals surface area (Å²) in [6.45, 7) is 3.02. The van der Waals surface area contributed by atoms with Crippen molar-refractivity contribution in [1.82, 2.24) is 4.98 Å². The summed E-state index contributed by atoms with van der Waals surface area (Å²) in [5.74, 6) is 0.459. The number of ether oxygens (including phenoxy) is 1. The van der Waals surface area contributed by atoms with Gasteiger partial charge in [0.2, 0.25) is 5.91 Å². The highest BCUT2D eigenvalue weighted by molar-refractivity contribution is 5.92. The van der Waals surface area contributed by atoms with Gasteiger partial charge in [-0.05, 0) is 25.0 Å². The average molecular weight is 235 g/mol. The molecule has 0 bridgehead atoms. The van der Waals surface area contributed by atoms with Crippen molar-refractivity contribution in [2.75, 3.05) is 11.9 Å². The van der Waals surface area contributed by atoms with Crippen LogP contribution in [0, 0.1) is 5.92 Å². The minimum atomic E-state index is -0.0778. The molecular weight excluding hydrogens is 218 g/mol. The lowest BCUT2D eigenvalue weighted by Gasteiger charge is -2.13. The molecule has 5 heteroatoms. The van der Waals surface area contributed by atoms with E-state index in [1.807, 2.05) is 13.0 Å². The molecule has 0 radical (unpaired) electrons. The minimum absolute atomic E-state index is 0.0154. The van der Waals surface area contributed by atoms with Gasteiger partial charge in [-0.25, -0.2) is 4.98 Å². The number of nitrogens with two attached hydrogens (primary N) is 1. The highest BCUT2D eigenvalue weighted by Gasteiger charge is 2.30. The van der Waals surface area contributed by atoms with Crippen LogP contribution >= 0.6 is 0 Å². The Morgan fingerprint density at radius 1 is 1.65 bits per heavy atom. The first-order valence-corrected chi connectivity index (χ1v) is 5.78. The number of aromatic nitrogens is 1. The van der Waals surface area contributed by atoms with Gasteiger partial charge < -0.3 is 15.8 Å². The van der Waals surface area contributed by atoms with E-state index in [0.29, 0.717) is 19.0 Å². The molecular formula is C12H17N3O2. The first-order chi connectivity index (χ1) is 8.20. The number of anilines is 1. The number of nitrogens with zero attached hydrogens (tertiary/aromatic N) is 1. The average Bonchev–Trinajstić information content (AvgIpc) is 2.76. The summed E-state index contributed by atoms with van der Waals surface area (Å²) in [6, 6.07) is 3.62. The Balaban J connectivity index is 1.97. The Morgan fingerprint density at radius 3 is 3.00 bits per heavy atom. The molecule has 2 rings (SSSR count). The molecule has 1 aromatic rings. The molecule has 0 saturated carbocycles. The zero-order valence-corrected chi connectivity index (χ0v) is 9.85. The SMILES string of the molecule is CC1OCCC1C(=O)Nc1ccc(CN)cn1. The van der Waals surface area contributed by atoms with Crippen molar-refractivity contribution in [2.45, 2.75) is 26.0 Å². The number of pyridine rings is 1. The molecule has 17 heavy (non-hydrogen) atoms. The van der Waals surface area contributed by atoms with Crippen molar-refractivity contribution in [3.05, 3.63) is 23.9 Å². The van der Waals surface area contributed by atoms with Crippen LogP contribution in [-0.4, -0.2) is 23.6 Å². The molecule has 1 aliphatic rings. The second-order valence-corrected chi connectivity index (χ2v) is 4.22. The number of amides is 1. The Morgan fingerprint density at radius 2 is 2.47 bits per heavy atom. The second-order valence-electron chi connectivity index (χ2n) is 4.22.